The smallest absolute Gasteiger partial charge is 0.326 e. The van der Waals surface area contributed by atoms with Crippen LogP contribution in [-0.4, -0.2) is 35.5 Å². The predicted octanol–water partition coefficient (Wildman–Crippen LogP) is 2.16. The maximum atomic E-state index is 12.6. The summed E-state index contributed by atoms with van der Waals surface area (Å²) in [6.07, 6.45) is 0.279. The van der Waals surface area contributed by atoms with Crippen molar-refractivity contribution < 1.29 is 19.5 Å². The zero-order valence-electron chi connectivity index (χ0n) is 15.1. The normalized spacial score (nSPS) is 17.6. The lowest BCUT2D eigenvalue weighted by Crippen LogP contribution is -2.45. The van der Waals surface area contributed by atoms with E-state index in [4.69, 9.17) is 0 Å². The van der Waals surface area contributed by atoms with Gasteiger partial charge in [0.25, 0.3) is 0 Å². The van der Waals surface area contributed by atoms with Crippen molar-refractivity contribution in [1.82, 2.24) is 5.32 Å². The van der Waals surface area contributed by atoms with Gasteiger partial charge in [-0.3, -0.25) is 9.59 Å². The number of hydrogen-bond acceptors (Lipinski definition) is 3. The molecule has 1 aliphatic heterocycles. The molecule has 140 valence electrons. The van der Waals surface area contributed by atoms with Gasteiger partial charge in [0.2, 0.25) is 11.8 Å². The molecule has 0 aliphatic carbocycles. The van der Waals surface area contributed by atoms with Crippen molar-refractivity contribution in [3.63, 3.8) is 0 Å². The van der Waals surface area contributed by atoms with Crippen molar-refractivity contribution in [2.24, 2.45) is 5.92 Å². The van der Waals surface area contributed by atoms with E-state index in [1.54, 1.807) is 4.90 Å². The first-order valence-corrected chi connectivity index (χ1v) is 8.88. The Morgan fingerprint density at radius 3 is 2.44 bits per heavy atom. The first-order valence-electron chi connectivity index (χ1n) is 8.88. The lowest BCUT2D eigenvalue weighted by Gasteiger charge is -2.19. The molecular weight excluding hydrogens is 344 g/mol. The maximum Gasteiger partial charge on any atom is 0.326 e. The summed E-state index contributed by atoms with van der Waals surface area (Å²) < 4.78 is 0. The van der Waals surface area contributed by atoms with Crippen LogP contribution in [0.3, 0.4) is 0 Å². The molecule has 2 amide bonds. The Morgan fingerprint density at radius 2 is 1.81 bits per heavy atom. The summed E-state index contributed by atoms with van der Waals surface area (Å²) in [5.41, 5.74) is 2.67. The molecule has 3 rings (SSSR count). The number of nitrogens with one attached hydrogen (secondary N) is 1. The first-order chi connectivity index (χ1) is 12.9. The lowest BCUT2D eigenvalue weighted by atomic mass is 10.0. The molecule has 1 fully saturated rings. The Bertz CT molecular complexity index is 833. The molecular formula is C21H22N2O4. The largest absolute Gasteiger partial charge is 0.480 e. The van der Waals surface area contributed by atoms with Gasteiger partial charge in [-0.25, -0.2) is 4.79 Å². The van der Waals surface area contributed by atoms with E-state index in [0.717, 1.165) is 16.8 Å². The molecule has 1 aliphatic rings. The molecule has 1 unspecified atom stereocenters. The van der Waals surface area contributed by atoms with Gasteiger partial charge < -0.3 is 15.3 Å². The minimum absolute atomic E-state index is 0.0807. The molecule has 2 atom stereocenters. The van der Waals surface area contributed by atoms with Crippen LogP contribution < -0.4 is 10.2 Å². The first kappa shape index (κ1) is 18.6. The fourth-order valence-electron chi connectivity index (χ4n) is 3.20. The summed E-state index contributed by atoms with van der Waals surface area (Å²) in [6.45, 7) is 2.22. The van der Waals surface area contributed by atoms with Crippen LogP contribution in [0.2, 0.25) is 0 Å². The summed E-state index contributed by atoms with van der Waals surface area (Å²) in [4.78, 5) is 38.0. The lowest BCUT2D eigenvalue weighted by molar-refractivity contribution is -0.142. The Morgan fingerprint density at radius 1 is 1.15 bits per heavy atom. The third-order valence-corrected chi connectivity index (χ3v) is 4.74. The van der Waals surface area contributed by atoms with E-state index in [9.17, 15) is 19.5 Å². The maximum absolute atomic E-state index is 12.6. The molecule has 0 saturated carbocycles. The van der Waals surface area contributed by atoms with Crippen molar-refractivity contribution in [2.75, 3.05) is 11.4 Å². The van der Waals surface area contributed by atoms with E-state index < -0.39 is 23.8 Å². The van der Waals surface area contributed by atoms with Crippen molar-refractivity contribution in [2.45, 2.75) is 25.8 Å². The summed E-state index contributed by atoms with van der Waals surface area (Å²) in [5, 5.41) is 12.0. The second kappa shape index (κ2) is 8.03. The molecule has 0 aromatic heterocycles. The molecule has 1 heterocycles. The van der Waals surface area contributed by atoms with Gasteiger partial charge in [0.1, 0.15) is 6.04 Å². The molecule has 2 aromatic rings. The van der Waals surface area contributed by atoms with Crippen LogP contribution in [0.5, 0.6) is 0 Å². The molecule has 1 saturated heterocycles. The van der Waals surface area contributed by atoms with E-state index in [-0.39, 0.29) is 25.3 Å². The molecule has 0 spiro atoms. The number of aliphatic carboxylic acids is 1. The zero-order valence-corrected chi connectivity index (χ0v) is 15.1. The summed E-state index contributed by atoms with van der Waals surface area (Å²) in [5.74, 6) is -2.18. The number of anilines is 1. The number of carboxylic acids is 1. The highest BCUT2D eigenvalue weighted by Gasteiger charge is 2.36. The number of carbonyl (C=O) groups is 3. The van der Waals surface area contributed by atoms with Crippen molar-refractivity contribution in [3.8, 4) is 0 Å². The number of benzene rings is 2. The minimum Gasteiger partial charge on any atom is -0.480 e. The molecule has 0 bridgehead atoms. The van der Waals surface area contributed by atoms with Crippen LogP contribution in [0.1, 0.15) is 17.5 Å². The average molecular weight is 366 g/mol. The SMILES string of the molecule is Cc1ccc(N2CC(C(=O)N[C@@H](Cc3ccccc3)C(=O)O)CC2=O)cc1. The molecule has 6 nitrogen and oxygen atoms in total. The van der Waals surface area contributed by atoms with Gasteiger partial charge in [0.15, 0.2) is 0 Å². The summed E-state index contributed by atoms with van der Waals surface area (Å²) >= 11 is 0. The third kappa shape index (κ3) is 4.53. The van der Waals surface area contributed by atoms with Crippen molar-refractivity contribution >= 4 is 23.5 Å². The molecule has 0 radical (unpaired) electrons. The minimum atomic E-state index is -1.09. The van der Waals surface area contributed by atoms with Crippen LogP contribution in [-0.2, 0) is 20.8 Å². The number of hydrogen-bond donors (Lipinski definition) is 2. The van der Waals surface area contributed by atoms with Crippen LogP contribution in [0, 0.1) is 12.8 Å². The van der Waals surface area contributed by atoms with Crippen molar-refractivity contribution in [3.05, 3.63) is 65.7 Å². The molecule has 6 heteroatoms. The topological polar surface area (TPSA) is 86.7 Å². The monoisotopic (exact) mass is 366 g/mol. The standard InChI is InChI=1S/C21H22N2O4/c1-14-7-9-17(10-8-14)23-13-16(12-19(23)24)20(25)22-18(21(26)27)11-15-5-3-2-4-6-15/h2-10,16,18H,11-13H2,1H3,(H,22,25)(H,26,27)/t16?,18-/m0/s1. The van der Waals surface area contributed by atoms with E-state index in [0.29, 0.717) is 0 Å². The number of carbonyl (C=O) groups excluding carboxylic acids is 2. The van der Waals surface area contributed by atoms with Gasteiger partial charge in [-0.05, 0) is 24.6 Å². The van der Waals surface area contributed by atoms with E-state index in [1.165, 1.54) is 0 Å². The number of aryl methyl sites for hydroxylation is 1. The van der Waals surface area contributed by atoms with E-state index in [2.05, 4.69) is 5.32 Å². The zero-order chi connectivity index (χ0) is 19.4. The number of amides is 2. The number of nitrogens with zero attached hydrogens (tertiary/aromatic N) is 1. The highest BCUT2D eigenvalue weighted by Crippen LogP contribution is 2.25. The Kier molecular flexibility index (Phi) is 5.54. The molecule has 2 aromatic carbocycles. The van der Waals surface area contributed by atoms with Gasteiger partial charge in [-0.15, -0.1) is 0 Å². The fraction of sp³-hybridized carbons (Fsp3) is 0.286. The fourth-order valence-corrected chi connectivity index (χ4v) is 3.20. The van der Waals surface area contributed by atoms with E-state index in [1.807, 2.05) is 61.5 Å². The summed E-state index contributed by atoms with van der Waals surface area (Å²) in [6, 6.07) is 15.6. The van der Waals surface area contributed by atoms with Crippen molar-refractivity contribution in [1.29, 1.82) is 0 Å². The van der Waals surface area contributed by atoms with Gasteiger partial charge >= 0.3 is 5.97 Å². The second-order valence-electron chi connectivity index (χ2n) is 6.83. The van der Waals surface area contributed by atoms with Gasteiger partial charge in [0.05, 0.1) is 5.92 Å². The Labute approximate surface area is 157 Å². The van der Waals surface area contributed by atoms with Gasteiger partial charge in [0, 0.05) is 25.1 Å². The quantitative estimate of drug-likeness (QED) is 0.820. The van der Waals surface area contributed by atoms with Gasteiger partial charge in [-0.1, -0.05) is 48.0 Å². The molecule has 2 N–H and O–H groups in total. The van der Waals surface area contributed by atoms with Crippen LogP contribution in [0.15, 0.2) is 54.6 Å². The van der Waals surface area contributed by atoms with Crippen LogP contribution in [0.25, 0.3) is 0 Å². The summed E-state index contributed by atoms with van der Waals surface area (Å²) in [7, 11) is 0. The van der Waals surface area contributed by atoms with Crippen LogP contribution in [0.4, 0.5) is 5.69 Å². The number of carboxylic acid groups (broad SMARTS) is 1. The Balaban J connectivity index is 1.65. The average Bonchev–Trinajstić information content (AvgIpc) is 3.04. The van der Waals surface area contributed by atoms with E-state index >= 15 is 0 Å². The highest BCUT2D eigenvalue weighted by molar-refractivity contribution is 6.00. The van der Waals surface area contributed by atoms with Crippen LogP contribution >= 0.6 is 0 Å². The predicted molar refractivity (Wildman–Crippen MR) is 101 cm³/mol. The van der Waals surface area contributed by atoms with Gasteiger partial charge in [-0.2, -0.15) is 0 Å². The highest BCUT2D eigenvalue weighted by atomic mass is 16.4. The Hall–Kier alpha value is -3.15. The second-order valence-corrected chi connectivity index (χ2v) is 6.83. The third-order valence-electron chi connectivity index (χ3n) is 4.74. The molecule has 27 heavy (non-hydrogen) atoms. The number of rotatable bonds is 6.